The van der Waals surface area contributed by atoms with Gasteiger partial charge in [-0.2, -0.15) is 0 Å². The van der Waals surface area contributed by atoms with Gasteiger partial charge in [0.15, 0.2) is 0 Å². The topological polar surface area (TPSA) is 118 Å². The van der Waals surface area contributed by atoms with E-state index in [4.69, 9.17) is 10.2 Å². The standard InChI is InChI=1S/C12H14O7/c13-9-4-7(12(18)19-9)5-1-2-6(10(14)15)8(3-5)11(16)17/h5-8H,1-4H2,(H,14,15)(H,16,17). The van der Waals surface area contributed by atoms with Gasteiger partial charge in [0.1, 0.15) is 0 Å². The second-order valence-corrected chi connectivity index (χ2v) is 5.07. The largest absolute Gasteiger partial charge is 0.481 e. The van der Waals surface area contributed by atoms with Crippen molar-refractivity contribution in [1.29, 1.82) is 0 Å². The van der Waals surface area contributed by atoms with Crippen LogP contribution in [0.3, 0.4) is 0 Å². The zero-order valence-electron chi connectivity index (χ0n) is 10.1. The third-order valence-corrected chi connectivity index (χ3v) is 4.00. The van der Waals surface area contributed by atoms with Gasteiger partial charge in [-0.05, 0) is 25.2 Å². The van der Waals surface area contributed by atoms with Gasteiger partial charge in [-0.15, -0.1) is 0 Å². The molecule has 4 atom stereocenters. The summed E-state index contributed by atoms with van der Waals surface area (Å²) in [6, 6.07) is 0. The lowest BCUT2D eigenvalue weighted by molar-refractivity contribution is -0.158. The number of hydrogen-bond acceptors (Lipinski definition) is 5. The van der Waals surface area contributed by atoms with Crippen LogP contribution < -0.4 is 0 Å². The summed E-state index contributed by atoms with van der Waals surface area (Å²) in [6.45, 7) is 0. The summed E-state index contributed by atoms with van der Waals surface area (Å²) in [6.07, 6.45) is 0.690. The van der Waals surface area contributed by atoms with Crippen LogP contribution in [0.25, 0.3) is 0 Å². The summed E-state index contributed by atoms with van der Waals surface area (Å²) in [5, 5.41) is 18.1. The van der Waals surface area contributed by atoms with Gasteiger partial charge in [0.25, 0.3) is 0 Å². The SMILES string of the molecule is O=C1CC(C2CCC(C(=O)O)C(C(=O)O)C2)C(=O)O1. The molecule has 0 spiro atoms. The lowest BCUT2D eigenvalue weighted by Crippen LogP contribution is -2.38. The lowest BCUT2D eigenvalue weighted by Gasteiger charge is -2.32. The van der Waals surface area contributed by atoms with Crippen molar-refractivity contribution in [2.24, 2.45) is 23.7 Å². The van der Waals surface area contributed by atoms with Crippen LogP contribution in [0.1, 0.15) is 25.7 Å². The number of carboxylic acid groups (broad SMARTS) is 2. The number of cyclic esters (lactones) is 2. The van der Waals surface area contributed by atoms with Gasteiger partial charge in [-0.3, -0.25) is 19.2 Å². The van der Waals surface area contributed by atoms with Crippen LogP contribution in [-0.2, 0) is 23.9 Å². The molecule has 4 unspecified atom stereocenters. The Labute approximate surface area is 108 Å². The highest BCUT2D eigenvalue weighted by Gasteiger charge is 2.46. The first-order chi connectivity index (χ1) is 8.90. The number of carboxylic acids is 2. The molecule has 2 fully saturated rings. The maximum atomic E-state index is 11.5. The van der Waals surface area contributed by atoms with Gasteiger partial charge in [-0.25, -0.2) is 0 Å². The number of esters is 2. The molecule has 0 radical (unpaired) electrons. The van der Waals surface area contributed by atoms with Crippen molar-refractivity contribution in [2.75, 3.05) is 0 Å². The Morgan fingerprint density at radius 3 is 2.16 bits per heavy atom. The van der Waals surface area contributed by atoms with E-state index in [1.807, 2.05) is 0 Å². The Morgan fingerprint density at radius 1 is 1.05 bits per heavy atom. The van der Waals surface area contributed by atoms with E-state index in [1.165, 1.54) is 0 Å². The van der Waals surface area contributed by atoms with Crippen LogP contribution in [-0.4, -0.2) is 34.1 Å². The summed E-state index contributed by atoms with van der Waals surface area (Å²) in [4.78, 5) is 44.6. The maximum Gasteiger partial charge on any atom is 0.317 e. The summed E-state index contributed by atoms with van der Waals surface area (Å²) < 4.78 is 4.46. The van der Waals surface area contributed by atoms with Crippen molar-refractivity contribution in [2.45, 2.75) is 25.7 Å². The van der Waals surface area contributed by atoms with Crippen LogP contribution in [0.5, 0.6) is 0 Å². The normalized spacial score (nSPS) is 34.9. The van der Waals surface area contributed by atoms with Crippen LogP contribution in [0, 0.1) is 23.7 Å². The first-order valence-corrected chi connectivity index (χ1v) is 6.10. The first-order valence-electron chi connectivity index (χ1n) is 6.10. The van der Waals surface area contributed by atoms with E-state index in [9.17, 15) is 19.2 Å². The average Bonchev–Trinajstić information content (AvgIpc) is 2.67. The molecule has 7 heteroatoms. The van der Waals surface area contributed by atoms with Crippen molar-refractivity contribution in [3.8, 4) is 0 Å². The van der Waals surface area contributed by atoms with Gasteiger partial charge in [-0.1, -0.05) is 0 Å². The average molecular weight is 270 g/mol. The minimum atomic E-state index is -1.17. The quantitative estimate of drug-likeness (QED) is 0.558. The number of rotatable bonds is 3. The van der Waals surface area contributed by atoms with Crippen LogP contribution in [0.15, 0.2) is 0 Å². The molecule has 1 aliphatic heterocycles. The first kappa shape index (κ1) is 13.5. The van der Waals surface area contributed by atoms with Crippen molar-refractivity contribution >= 4 is 23.9 Å². The Hall–Kier alpha value is -1.92. The van der Waals surface area contributed by atoms with E-state index in [1.54, 1.807) is 0 Å². The smallest absolute Gasteiger partial charge is 0.317 e. The minimum absolute atomic E-state index is 0.0341. The second kappa shape index (κ2) is 4.99. The summed E-state index contributed by atoms with van der Waals surface area (Å²) in [5.41, 5.74) is 0. The van der Waals surface area contributed by atoms with Crippen LogP contribution >= 0.6 is 0 Å². The van der Waals surface area contributed by atoms with Crippen molar-refractivity contribution in [1.82, 2.24) is 0 Å². The third kappa shape index (κ3) is 2.59. The molecule has 1 heterocycles. The summed E-state index contributed by atoms with van der Waals surface area (Å²) >= 11 is 0. The molecule has 7 nitrogen and oxygen atoms in total. The fraction of sp³-hybridized carbons (Fsp3) is 0.667. The maximum absolute atomic E-state index is 11.5. The monoisotopic (exact) mass is 270 g/mol. The lowest BCUT2D eigenvalue weighted by atomic mass is 9.69. The molecule has 0 aromatic heterocycles. The van der Waals surface area contributed by atoms with E-state index in [0.29, 0.717) is 6.42 Å². The number of aliphatic carboxylic acids is 2. The van der Waals surface area contributed by atoms with Gasteiger partial charge in [0, 0.05) is 0 Å². The predicted octanol–water partition coefficient (Wildman–Crippen LogP) is 0.278. The van der Waals surface area contributed by atoms with Crippen LogP contribution in [0.2, 0.25) is 0 Å². The number of carbonyl (C=O) groups excluding carboxylic acids is 2. The molecule has 2 aliphatic rings. The Balaban J connectivity index is 2.11. The molecule has 2 N–H and O–H groups in total. The molecule has 19 heavy (non-hydrogen) atoms. The molecule has 0 aromatic rings. The van der Waals surface area contributed by atoms with E-state index in [-0.39, 0.29) is 25.2 Å². The van der Waals surface area contributed by atoms with Gasteiger partial charge in [0.2, 0.25) is 0 Å². The van der Waals surface area contributed by atoms with Gasteiger partial charge >= 0.3 is 23.9 Å². The molecule has 1 saturated carbocycles. The number of hydrogen-bond donors (Lipinski definition) is 2. The zero-order chi connectivity index (χ0) is 14.2. The molecule has 2 rings (SSSR count). The number of ether oxygens (including phenoxy) is 1. The predicted molar refractivity (Wildman–Crippen MR) is 58.8 cm³/mol. The highest BCUT2D eigenvalue weighted by Crippen LogP contribution is 2.41. The van der Waals surface area contributed by atoms with E-state index in [0.717, 1.165) is 0 Å². The summed E-state index contributed by atoms with van der Waals surface area (Å²) in [7, 11) is 0. The molecule has 1 saturated heterocycles. The van der Waals surface area contributed by atoms with Gasteiger partial charge < -0.3 is 14.9 Å². The zero-order valence-corrected chi connectivity index (χ0v) is 10.1. The second-order valence-electron chi connectivity index (χ2n) is 5.07. The minimum Gasteiger partial charge on any atom is -0.481 e. The third-order valence-electron chi connectivity index (χ3n) is 4.00. The Morgan fingerprint density at radius 2 is 1.68 bits per heavy atom. The molecule has 0 bridgehead atoms. The highest BCUT2D eigenvalue weighted by molar-refractivity contribution is 5.94. The van der Waals surface area contributed by atoms with E-state index in [2.05, 4.69) is 4.74 Å². The Kier molecular flexibility index (Phi) is 3.55. The van der Waals surface area contributed by atoms with E-state index < -0.39 is 41.6 Å². The summed E-state index contributed by atoms with van der Waals surface area (Å²) in [5.74, 6) is -6.37. The molecule has 104 valence electrons. The van der Waals surface area contributed by atoms with Gasteiger partial charge in [0.05, 0.1) is 24.2 Å². The molecule has 1 aliphatic carbocycles. The molecular formula is C12H14O7. The molecule has 0 aromatic carbocycles. The van der Waals surface area contributed by atoms with Crippen LogP contribution in [0.4, 0.5) is 0 Å². The molecular weight excluding hydrogens is 256 g/mol. The fourth-order valence-corrected chi connectivity index (χ4v) is 2.99. The highest BCUT2D eigenvalue weighted by atomic mass is 16.6. The Bertz CT molecular complexity index is 441. The fourth-order valence-electron chi connectivity index (χ4n) is 2.99. The van der Waals surface area contributed by atoms with Crippen molar-refractivity contribution < 1.29 is 34.1 Å². The van der Waals surface area contributed by atoms with Crippen molar-refractivity contribution in [3.05, 3.63) is 0 Å². The van der Waals surface area contributed by atoms with Crippen molar-refractivity contribution in [3.63, 3.8) is 0 Å². The van der Waals surface area contributed by atoms with E-state index >= 15 is 0 Å². The number of carbonyl (C=O) groups is 4. The molecule has 0 amide bonds.